The third-order valence-electron chi connectivity index (χ3n) is 3.74. The predicted octanol–water partition coefficient (Wildman–Crippen LogP) is 0.548. The molecule has 1 fully saturated rings. The fourth-order valence-electron chi connectivity index (χ4n) is 2.36. The van der Waals surface area contributed by atoms with Gasteiger partial charge in [0.2, 0.25) is 10.0 Å². The maximum atomic E-state index is 12.6. The van der Waals surface area contributed by atoms with E-state index < -0.39 is 32.0 Å². The molecule has 2 atom stereocenters. The van der Waals surface area contributed by atoms with E-state index in [4.69, 9.17) is 0 Å². The molecule has 1 aliphatic heterocycles. The molecule has 1 aromatic rings. The number of hydrogen-bond donors (Lipinski definition) is 1. The van der Waals surface area contributed by atoms with Gasteiger partial charge in [0.05, 0.1) is 22.5 Å². The van der Waals surface area contributed by atoms with E-state index in [-0.39, 0.29) is 16.4 Å². The van der Waals surface area contributed by atoms with E-state index in [1.54, 1.807) is 19.1 Å². The number of nitrogens with zero attached hydrogens (tertiary/aromatic N) is 1. The van der Waals surface area contributed by atoms with Crippen molar-refractivity contribution < 1.29 is 21.9 Å². The molecular formula is C13H19NO5S2. The number of sulfonamides is 1. The first-order valence-electron chi connectivity index (χ1n) is 6.60. The standard InChI is InChI=1S/C13H19NO5S2/c1-10(15)11-4-3-5-13(8-11)21(18,19)14(2)12-6-7-20(16,17)9-12/h3-5,8,10,12,15H,6-7,9H2,1-2H3. The van der Waals surface area contributed by atoms with Crippen molar-refractivity contribution in [3.63, 3.8) is 0 Å². The number of rotatable bonds is 4. The SMILES string of the molecule is CC(O)c1cccc(S(=O)(=O)N(C)C2CCS(=O)(=O)C2)c1. The molecule has 0 saturated carbocycles. The molecule has 1 aromatic carbocycles. The Morgan fingerprint density at radius 1 is 1.38 bits per heavy atom. The second-order valence-electron chi connectivity index (χ2n) is 5.33. The fraction of sp³-hybridized carbons (Fsp3) is 0.538. The molecule has 1 N–H and O–H groups in total. The number of hydrogen-bond acceptors (Lipinski definition) is 5. The summed E-state index contributed by atoms with van der Waals surface area (Å²) >= 11 is 0. The van der Waals surface area contributed by atoms with Gasteiger partial charge in [-0.25, -0.2) is 16.8 Å². The monoisotopic (exact) mass is 333 g/mol. The van der Waals surface area contributed by atoms with E-state index in [0.717, 1.165) is 4.31 Å². The zero-order valence-electron chi connectivity index (χ0n) is 11.9. The first-order valence-corrected chi connectivity index (χ1v) is 9.86. The molecule has 0 spiro atoms. The Balaban J connectivity index is 2.32. The summed E-state index contributed by atoms with van der Waals surface area (Å²) in [6, 6.07) is 5.54. The van der Waals surface area contributed by atoms with Crippen molar-refractivity contribution in [2.45, 2.75) is 30.4 Å². The zero-order valence-corrected chi connectivity index (χ0v) is 13.6. The lowest BCUT2D eigenvalue weighted by Crippen LogP contribution is -2.37. The van der Waals surface area contributed by atoms with Crippen molar-refractivity contribution in [1.29, 1.82) is 0 Å². The maximum Gasteiger partial charge on any atom is 0.243 e. The van der Waals surface area contributed by atoms with Gasteiger partial charge >= 0.3 is 0 Å². The van der Waals surface area contributed by atoms with Crippen LogP contribution in [0.25, 0.3) is 0 Å². The highest BCUT2D eigenvalue weighted by atomic mass is 32.2. The summed E-state index contributed by atoms with van der Waals surface area (Å²) in [7, 11) is -5.52. The van der Waals surface area contributed by atoms with Crippen LogP contribution in [0.5, 0.6) is 0 Å². The second-order valence-corrected chi connectivity index (χ2v) is 9.55. The van der Waals surface area contributed by atoms with Crippen molar-refractivity contribution in [1.82, 2.24) is 4.31 Å². The Morgan fingerprint density at radius 3 is 2.57 bits per heavy atom. The van der Waals surface area contributed by atoms with Gasteiger partial charge in [0.25, 0.3) is 0 Å². The Bertz CT molecular complexity index is 725. The Hall–Kier alpha value is -0.960. The highest BCUT2D eigenvalue weighted by molar-refractivity contribution is 7.92. The number of benzene rings is 1. The van der Waals surface area contributed by atoms with Crippen LogP contribution in [0.2, 0.25) is 0 Å². The molecule has 0 aromatic heterocycles. The number of aliphatic hydroxyl groups is 1. The third kappa shape index (κ3) is 3.45. The minimum Gasteiger partial charge on any atom is -0.389 e. The summed E-state index contributed by atoms with van der Waals surface area (Å²) in [5.74, 6) is -0.121. The first kappa shape index (κ1) is 16.4. The largest absolute Gasteiger partial charge is 0.389 e. The molecule has 6 nitrogen and oxygen atoms in total. The van der Waals surface area contributed by atoms with Crippen LogP contribution in [0.4, 0.5) is 0 Å². The molecule has 8 heteroatoms. The van der Waals surface area contributed by atoms with Gasteiger partial charge in [-0.05, 0) is 31.0 Å². The van der Waals surface area contributed by atoms with Gasteiger partial charge in [-0.15, -0.1) is 0 Å². The van der Waals surface area contributed by atoms with E-state index in [0.29, 0.717) is 12.0 Å². The average Bonchev–Trinajstić information content (AvgIpc) is 2.78. The molecule has 118 valence electrons. The molecule has 0 amide bonds. The van der Waals surface area contributed by atoms with Gasteiger partial charge in [0.1, 0.15) is 0 Å². The van der Waals surface area contributed by atoms with Crippen LogP contribution in [0.3, 0.4) is 0 Å². The van der Waals surface area contributed by atoms with E-state index in [9.17, 15) is 21.9 Å². The van der Waals surface area contributed by atoms with Gasteiger partial charge in [-0.2, -0.15) is 4.31 Å². The van der Waals surface area contributed by atoms with Gasteiger partial charge < -0.3 is 5.11 Å². The Morgan fingerprint density at radius 2 is 2.05 bits per heavy atom. The molecule has 0 bridgehead atoms. The van der Waals surface area contributed by atoms with Gasteiger partial charge in [-0.3, -0.25) is 0 Å². The van der Waals surface area contributed by atoms with E-state index in [2.05, 4.69) is 0 Å². The van der Waals surface area contributed by atoms with Crippen LogP contribution in [-0.4, -0.2) is 50.8 Å². The molecule has 0 radical (unpaired) electrons. The second kappa shape index (κ2) is 5.68. The minimum absolute atomic E-state index is 0.0191. The molecule has 0 aliphatic carbocycles. The molecule has 1 saturated heterocycles. The zero-order chi connectivity index (χ0) is 15.8. The van der Waals surface area contributed by atoms with Crippen molar-refractivity contribution >= 4 is 19.9 Å². The molecule has 2 unspecified atom stereocenters. The molecule has 21 heavy (non-hydrogen) atoms. The predicted molar refractivity (Wildman–Crippen MR) is 79.1 cm³/mol. The number of aliphatic hydroxyl groups excluding tert-OH is 1. The van der Waals surface area contributed by atoms with Gasteiger partial charge in [0.15, 0.2) is 9.84 Å². The van der Waals surface area contributed by atoms with E-state index in [1.165, 1.54) is 19.2 Å². The molecular weight excluding hydrogens is 314 g/mol. The van der Waals surface area contributed by atoms with Crippen LogP contribution in [0.1, 0.15) is 25.0 Å². The summed E-state index contributed by atoms with van der Waals surface area (Å²) in [6.45, 7) is 1.55. The third-order valence-corrected chi connectivity index (χ3v) is 7.40. The van der Waals surface area contributed by atoms with Crippen LogP contribution in [0.15, 0.2) is 29.2 Å². The maximum absolute atomic E-state index is 12.6. The molecule has 2 rings (SSSR count). The lowest BCUT2D eigenvalue weighted by Gasteiger charge is -2.23. The Kier molecular flexibility index (Phi) is 4.44. The lowest BCUT2D eigenvalue weighted by molar-refractivity contribution is 0.199. The topological polar surface area (TPSA) is 91.8 Å². The summed E-state index contributed by atoms with van der Waals surface area (Å²) in [5.41, 5.74) is 0.503. The van der Waals surface area contributed by atoms with Crippen LogP contribution >= 0.6 is 0 Å². The highest BCUT2D eigenvalue weighted by Crippen LogP contribution is 2.25. The van der Waals surface area contributed by atoms with E-state index in [1.807, 2.05) is 0 Å². The summed E-state index contributed by atoms with van der Waals surface area (Å²) in [5, 5.41) is 9.54. The lowest BCUT2D eigenvalue weighted by atomic mass is 10.1. The van der Waals surface area contributed by atoms with Crippen molar-refractivity contribution in [3.05, 3.63) is 29.8 Å². The van der Waals surface area contributed by atoms with Crippen LogP contribution < -0.4 is 0 Å². The van der Waals surface area contributed by atoms with E-state index >= 15 is 0 Å². The van der Waals surface area contributed by atoms with Crippen molar-refractivity contribution in [2.75, 3.05) is 18.6 Å². The molecule has 1 heterocycles. The minimum atomic E-state index is -3.77. The van der Waals surface area contributed by atoms with Gasteiger partial charge in [-0.1, -0.05) is 12.1 Å². The van der Waals surface area contributed by atoms with Crippen LogP contribution in [0, 0.1) is 0 Å². The van der Waals surface area contributed by atoms with Crippen molar-refractivity contribution in [3.8, 4) is 0 Å². The normalized spacial score (nSPS) is 23.3. The quantitative estimate of drug-likeness (QED) is 0.869. The average molecular weight is 333 g/mol. The van der Waals surface area contributed by atoms with Gasteiger partial charge in [0, 0.05) is 13.1 Å². The smallest absolute Gasteiger partial charge is 0.243 e. The summed E-state index contributed by atoms with van der Waals surface area (Å²) in [4.78, 5) is 0.0627. The summed E-state index contributed by atoms with van der Waals surface area (Å²) < 4.78 is 49.2. The van der Waals surface area contributed by atoms with Crippen LogP contribution in [-0.2, 0) is 19.9 Å². The Labute approximate surface area is 125 Å². The summed E-state index contributed by atoms with van der Waals surface area (Å²) in [6.07, 6.45) is -0.453. The highest BCUT2D eigenvalue weighted by Gasteiger charge is 2.36. The first-order chi connectivity index (χ1) is 9.63. The molecule has 1 aliphatic rings. The van der Waals surface area contributed by atoms with Crippen molar-refractivity contribution in [2.24, 2.45) is 0 Å². The fourth-order valence-corrected chi connectivity index (χ4v) is 5.67. The number of sulfone groups is 1.